The second kappa shape index (κ2) is 7.10. The maximum Gasteiger partial charge on any atom is 0.354 e. The van der Waals surface area contributed by atoms with Gasteiger partial charge in [0, 0.05) is 6.54 Å². The SMILES string of the molecule is CCCNC(=O)CNC(=O)c1cccc(C(=O)O)n1. The Balaban J connectivity index is 2.56. The van der Waals surface area contributed by atoms with E-state index in [1.54, 1.807) is 0 Å². The molecule has 0 unspecified atom stereocenters. The third kappa shape index (κ3) is 4.74. The molecule has 1 aromatic heterocycles. The van der Waals surface area contributed by atoms with E-state index in [1.807, 2.05) is 6.92 Å². The average molecular weight is 265 g/mol. The van der Waals surface area contributed by atoms with E-state index >= 15 is 0 Å². The van der Waals surface area contributed by atoms with Gasteiger partial charge in [0.05, 0.1) is 6.54 Å². The highest BCUT2D eigenvalue weighted by Gasteiger charge is 2.12. The molecule has 1 rings (SSSR count). The van der Waals surface area contributed by atoms with Gasteiger partial charge in [0.25, 0.3) is 5.91 Å². The Morgan fingerprint density at radius 1 is 1.21 bits per heavy atom. The van der Waals surface area contributed by atoms with Gasteiger partial charge < -0.3 is 15.7 Å². The number of carboxylic acids is 1. The zero-order valence-corrected chi connectivity index (χ0v) is 10.5. The minimum absolute atomic E-state index is 0.0387. The number of nitrogens with one attached hydrogen (secondary N) is 2. The maximum atomic E-state index is 11.7. The Morgan fingerprint density at radius 3 is 2.53 bits per heavy atom. The molecule has 0 aromatic carbocycles. The molecule has 102 valence electrons. The summed E-state index contributed by atoms with van der Waals surface area (Å²) in [6.07, 6.45) is 0.807. The molecule has 7 heteroatoms. The van der Waals surface area contributed by atoms with Gasteiger partial charge in [0.1, 0.15) is 11.4 Å². The third-order valence-electron chi connectivity index (χ3n) is 2.18. The Labute approximate surface area is 110 Å². The number of aromatic carboxylic acids is 1. The number of carboxylic acid groups (broad SMARTS) is 1. The number of pyridine rings is 1. The monoisotopic (exact) mass is 265 g/mol. The molecule has 0 aliphatic rings. The van der Waals surface area contributed by atoms with Gasteiger partial charge in [-0.15, -0.1) is 0 Å². The Morgan fingerprint density at radius 2 is 1.89 bits per heavy atom. The van der Waals surface area contributed by atoms with Crippen molar-refractivity contribution < 1.29 is 19.5 Å². The van der Waals surface area contributed by atoms with Gasteiger partial charge in [-0.05, 0) is 18.6 Å². The molecule has 0 fully saturated rings. The first kappa shape index (κ1) is 14.6. The zero-order valence-electron chi connectivity index (χ0n) is 10.5. The summed E-state index contributed by atoms with van der Waals surface area (Å²) in [5.41, 5.74) is -0.258. The lowest BCUT2D eigenvalue weighted by molar-refractivity contribution is -0.120. The summed E-state index contributed by atoms with van der Waals surface area (Å²) >= 11 is 0. The molecule has 0 atom stereocenters. The summed E-state index contributed by atoms with van der Waals surface area (Å²) in [7, 11) is 0. The second-order valence-corrected chi connectivity index (χ2v) is 3.75. The number of carbonyl (C=O) groups excluding carboxylic acids is 2. The summed E-state index contributed by atoms with van der Waals surface area (Å²) in [6, 6.07) is 4.08. The summed E-state index contributed by atoms with van der Waals surface area (Å²) in [6.45, 7) is 2.29. The summed E-state index contributed by atoms with van der Waals surface area (Å²) < 4.78 is 0. The number of hydrogen-bond acceptors (Lipinski definition) is 4. The van der Waals surface area contributed by atoms with Gasteiger partial charge in [0.2, 0.25) is 5.91 Å². The fourth-order valence-electron chi connectivity index (χ4n) is 1.26. The van der Waals surface area contributed by atoms with Crippen LogP contribution in [-0.4, -0.2) is 41.0 Å². The Bertz CT molecular complexity index is 488. The standard InChI is InChI=1S/C12H15N3O4/c1-2-6-13-10(16)7-14-11(17)8-4-3-5-9(15-8)12(18)19/h3-5H,2,6-7H2,1H3,(H,13,16)(H,14,17)(H,18,19). The molecule has 0 radical (unpaired) electrons. The zero-order chi connectivity index (χ0) is 14.3. The molecule has 3 N–H and O–H groups in total. The highest BCUT2D eigenvalue weighted by molar-refractivity contribution is 5.96. The quantitative estimate of drug-likeness (QED) is 0.672. The van der Waals surface area contributed by atoms with E-state index in [4.69, 9.17) is 5.11 Å². The normalized spacial score (nSPS) is 9.74. The second-order valence-electron chi connectivity index (χ2n) is 3.75. The van der Waals surface area contributed by atoms with E-state index in [0.29, 0.717) is 6.54 Å². The van der Waals surface area contributed by atoms with Crippen molar-refractivity contribution in [3.63, 3.8) is 0 Å². The predicted octanol–water partition coefficient (Wildman–Crippen LogP) is 0.0358. The van der Waals surface area contributed by atoms with Crippen molar-refractivity contribution in [1.29, 1.82) is 0 Å². The predicted molar refractivity (Wildman–Crippen MR) is 66.8 cm³/mol. The molecule has 1 heterocycles. The largest absolute Gasteiger partial charge is 0.477 e. The van der Waals surface area contributed by atoms with Crippen LogP contribution in [0.1, 0.15) is 34.3 Å². The van der Waals surface area contributed by atoms with Crippen LogP contribution in [0.15, 0.2) is 18.2 Å². The van der Waals surface area contributed by atoms with Crippen LogP contribution < -0.4 is 10.6 Å². The van der Waals surface area contributed by atoms with Gasteiger partial charge in [0.15, 0.2) is 0 Å². The van der Waals surface area contributed by atoms with Crippen LogP contribution in [0.25, 0.3) is 0 Å². The molecule has 0 spiro atoms. The van der Waals surface area contributed by atoms with Crippen LogP contribution in [0.2, 0.25) is 0 Å². The van der Waals surface area contributed by atoms with E-state index in [-0.39, 0.29) is 23.8 Å². The molecule has 0 saturated carbocycles. The molecule has 1 aromatic rings. The van der Waals surface area contributed by atoms with Gasteiger partial charge in [-0.3, -0.25) is 9.59 Å². The Hall–Kier alpha value is -2.44. The highest BCUT2D eigenvalue weighted by Crippen LogP contribution is 1.99. The lowest BCUT2D eigenvalue weighted by atomic mass is 10.3. The molecule has 2 amide bonds. The van der Waals surface area contributed by atoms with Gasteiger partial charge in [-0.1, -0.05) is 13.0 Å². The van der Waals surface area contributed by atoms with Crippen molar-refractivity contribution in [1.82, 2.24) is 15.6 Å². The molecule has 0 aliphatic heterocycles. The number of aromatic nitrogens is 1. The third-order valence-corrected chi connectivity index (χ3v) is 2.18. The minimum Gasteiger partial charge on any atom is -0.477 e. The topological polar surface area (TPSA) is 108 Å². The lowest BCUT2D eigenvalue weighted by Gasteiger charge is -2.05. The molecular formula is C12H15N3O4. The number of amides is 2. The van der Waals surface area contributed by atoms with Crippen molar-refractivity contribution in [2.75, 3.05) is 13.1 Å². The van der Waals surface area contributed by atoms with Crippen molar-refractivity contribution >= 4 is 17.8 Å². The average Bonchev–Trinajstić information content (AvgIpc) is 2.42. The van der Waals surface area contributed by atoms with Crippen molar-refractivity contribution in [3.05, 3.63) is 29.6 Å². The molecular weight excluding hydrogens is 250 g/mol. The van der Waals surface area contributed by atoms with E-state index in [0.717, 1.165) is 6.42 Å². The van der Waals surface area contributed by atoms with Crippen molar-refractivity contribution in [2.24, 2.45) is 0 Å². The van der Waals surface area contributed by atoms with Crippen molar-refractivity contribution in [3.8, 4) is 0 Å². The smallest absolute Gasteiger partial charge is 0.354 e. The highest BCUT2D eigenvalue weighted by atomic mass is 16.4. The van der Waals surface area contributed by atoms with Crippen LogP contribution in [-0.2, 0) is 4.79 Å². The first-order chi connectivity index (χ1) is 9.04. The first-order valence-corrected chi connectivity index (χ1v) is 5.79. The minimum atomic E-state index is -1.21. The molecule has 0 saturated heterocycles. The number of hydrogen-bond donors (Lipinski definition) is 3. The maximum absolute atomic E-state index is 11.7. The summed E-state index contributed by atoms with van der Waals surface area (Å²) in [5, 5.41) is 13.7. The van der Waals surface area contributed by atoms with Crippen molar-refractivity contribution in [2.45, 2.75) is 13.3 Å². The molecule has 0 aliphatic carbocycles. The van der Waals surface area contributed by atoms with Crippen LogP contribution in [0.5, 0.6) is 0 Å². The van der Waals surface area contributed by atoms with Crippen LogP contribution in [0.4, 0.5) is 0 Å². The number of nitrogens with zero attached hydrogens (tertiary/aromatic N) is 1. The summed E-state index contributed by atoms with van der Waals surface area (Å²) in [5.74, 6) is -2.10. The first-order valence-electron chi connectivity index (χ1n) is 5.79. The molecule has 7 nitrogen and oxygen atoms in total. The van der Waals surface area contributed by atoms with Gasteiger partial charge >= 0.3 is 5.97 Å². The Kier molecular flexibility index (Phi) is 5.46. The van der Waals surface area contributed by atoms with E-state index in [2.05, 4.69) is 15.6 Å². The molecule has 19 heavy (non-hydrogen) atoms. The van der Waals surface area contributed by atoms with Gasteiger partial charge in [-0.25, -0.2) is 9.78 Å². The van der Waals surface area contributed by atoms with E-state index in [1.165, 1.54) is 18.2 Å². The number of carbonyl (C=O) groups is 3. The number of rotatable bonds is 6. The van der Waals surface area contributed by atoms with Crippen LogP contribution in [0, 0.1) is 0 Å². The summed E-state index contributed by atoms with van der Waals surface area (Å²) in [4.78, 5) is 37.3. The lowest BCUT2D eigenvalue weighted by Crippen LogP contribution is -2.37. The van der Waals surface area contributed by atoms with Crippen LogP contribution >= 0.6 is 0 Å². The molecule has 0 bridgehead atoms. The van der Waals surface area contributed by atoms with E-state index < -0.39 is 11.9 Å². The van der Waals surface area contributed by atoms with E-state index in [9.17, 15) is 14.4 Å². The fourth-order valence-corrected chi connectivity index (χ4v) is 1.26. The van der Waals surface area contributed by atoms with Gasteiger partial charge in [-0.2, -0.15) is 0 Å². The van der Waals surface area contributed by atoms with Crippen LogP contribution in [0.3, 0.4) is 0 Å². The fraction of sp³-hybridized carbons (Fsp3) is 0.333.